The summed E-state index contributed by atoms with van der Waals surface area (Å²) in [6.07, 6.45) is 12.6. The van der Waals surface area contributed by atoms with Crippen molar-refractivity contribution in [1.29, 1.82) is 0 Å². The van der Waals surface area contributed by atoms with Crippen LogP contribution in [0.1, 0.15) is 38.7 Å². The molecule has 2 aromatic rings. The van der Waals surface area contributed by atoms with Crippen LogP contribution in [0, 0.1) is 0 Å². The van der Waals surface area contributed by atoms with Gasteiger partial charge in [0, 0.05) is 18.8 Å². The maximum absolute atomic E-state index is 13.3. The number of amides is 1. The molecule has 0 fully saturated rings. The molecule has 3 heteroatoms. The fraction of sp³-hybridized carbons (Fsp3) is 0.233. The summed E-state index contributed by atoms with van der Waals surface area (Å²) in [5, 5.41) is 6.57. The van der Waals surface area contributed by atoms with Crippen LogP contribution in [-0.2, 0) is 4.79 Å². The summed E-state index contributed by atoms with van der Waals surface area (Å²) in [5.74, 6) is -0.245. The number of carbonyl (C=O) groups excluding carboxylic acids is 1. The molecule has 0 aromatic heterocycles. The summed E-state index contributed by atoms with van der Waals surface area (Å²) in [7, 11) is 0. The zero-order valence-electron chi connectivity index (χ0n) is 20.1. The molecule has 2 rings (SSSR count). The Labute approximate surface area is 199 Å². The molecule has 3 nitrogen and oxygen atoms in total. The summed E-state index contributed by atoms with van der Waals surface area (Å²) in [6, 6.07) is 20.1. The van der Waals surface area contributed by atoms with E-state index in [4.69, 9.17) is 0 Å². The van der Waals surface area contributed by atoms with Gasteiger partial charge in [-0.2, -0.15) is 0 Å². The van der Waals surface area contributed by atoms with E-state index in [1.165, 1.54) is 5.57 Å². The van der Waals surface area contributed by atoms with E-state index in [-0.39, 0.29) is 11.8 Å². The monoisotopic (exact) mass is 440 g/mol. The summed E-state index contributed by atoms with van der Waals surface area (Å²) in [4.78, 5) is 13.3. The highest BCUT2D eigenvalue weighted by molar-refractivity contribution is 5.84. The highest BCUT2D eigenvalue weighted by Crippen LogP contribution is 2.25. The van der Waals surface area contributed by atoms with E-state index >= 15 is 0 Å². The zero-order chi connectivity index (χ0) is 23.9. The molecule has 0 radical (unpaired) electrons. The molecule has 0 aliphatic carbocycles. The van der Waals surface area contributed by atoms with Crippen molar-refractivity contribution in [2.24, 2.45) is 0 Å². The van der Waals surface area contributed by atoms with Gasteiger partial charge in [0.05, 0.1) is 5.92 Å². The molecule has 172 valence electrons. The van der Waals surface area contributed by atoms with Crippen molar-refractivity contribution in [3.05, 3.63) is 126 Å². The highest BCUT2D eigenvalue weighted by atomic mass is 16.1. The van der Waals surface area contributed by atoms with Gasteiger partial charge in [0.1, 0.15) is 0 Å². The van der Waals surface area contributed by atoms with Gasteiger partial charge in [-0.25, -0.2) is 0 Å². The van der Waals surface area contributed by atoms with Crippen molar-refractivity contribution in [1.82, 2.24) is 5.32 Å². The summed E-state index contributed by atoms with van der Waals surface area (Å²) in [5.41, 5.74) is 5.46. The van der Waals surface area contributed by atoms with Crippen LogP contribution >= 0.6 is 0 Å². The first-order chi connectivity index (χ1) is 16.1. The van der Waals surface area contributed by atoms with Crippen molar-refractivity contribution >= 4 is 11.6 Å². The minimum absolute atomic E-state index is 0.0217. The van der Waals surface area contributed by atoms with Crippen LogP contribution in [0.2, 0.25) is 0 Å². The first-order valence-electron chi connectivity index (χ1n) is 11.5. The standard InChI is InChI=1S/C30H36N2O/c1-5-14-26(15-6-2)21-29(27-16-10-8-11-17-27)30(33)32-23-25(7-3)20-24(4)22-31-28-18-12-9-13-19-28/h5-20,29,31H,1,21-23H2,2-4H3,(H,32,33)/b15-6-,24-20+,25-7+,26-14+. The molecule has 1 unspecified atom stereocenters. The number of rotatable bonds is 12. The smallest absolute Gasteiger partial charge is 0.228 e. The van der Waals surface area contributed by atoms with Crippen molar-refractivity contribution in [2.45, 2.75) is 33.1 Å². The molecular weight excluding hydrogens is 404 g/mol. The Morgan fingerprint density at radius 2 is 1.64 bits per heavy atom. The lowest BCUT2D eigenvalue weighted by molar-refractivity contribution is -0.122. The van der Waals surface area contributed by atoms with Gasteiger partial charge >= 0.3 is 0 Å². The number of hydrogen-bond donors (Lipinski definition) is 2. The van der Waals surface area contributed by atoms with Crippen LogP contribution in [0.5, 0.6) is 0 Å². The Balaban J connectivity index is 2.06. The zero-order valence-corrected chi connectivity index (χ0v) is 20.1. The van der Waals surface area contributed by atoms with Gasteiger partial charge in [-0.3, -0.25) is 4.79 Å². The van der Waals surface area contributed by atoms with Gasteiger partial charge in [-0.15, -0.1) is 0 Å². The Morgan fingerprint density at radius 3 is 2.24 bits per heavy atom. The Hall–Kier alpha value is -3.59. The molecule has 0 heterocycles. The molecule has 0 saturated heterocycles. The second-order valence-electron chi connectivity index (χ2n) is 7.94. The lowest BCUT2D eigenvalue weighted by atomic mass is 9.90. The quantitative estimate of drug-likeness (QED) is 0.350. The number of allylic oxidation sites excluding steroid dienone is 6. The van der Waals surface area contributed by atoms with Crippen LogP contribution in [0.4, 0.5) is 5.69 Å². The first kappa shape index (κ1) is 25.7. The minimum atomic E-state index is -0.267. The first-order valence-corrected chi connectivity index (χ1v) is 11.5. The number of nitrogens with one attached hydrogen (secondary N) is 2. The van der Waals surface area contributed by atoms with E-state index in [9.17, 15) is 4.79 Å². The summed E-state index contributed by atoms with van der Waals surface area (Å²) < 4.78 is 0. The summed E-state index contributed by atoms with van der Waals surface area (Å²) in [6.45, 7) is 11.1. The van der Waals surface area contributed by atoms with E-state index in [1.54, 1.807) is 6.08 Å². The predicted octanol–water partition coefficient (Wildman–Crippen LogP) is 6.97. The van der Waals surface area contributed by atoms with Crippen LogP contribution in [0.3, 0.4) is 0 Å². The lowest BCUT2D eigenvalue weighted by Crippen LogP contribution is -2.31. The predicted molar refractivity (Wildman–Crippen MR) is 142 cm³/mol. The fourth-order valence-electron chi connectivity index (χ4n) is 3.55. The topological polar surface area (TPSA) is 41.1 Å². The normalized spacial score (nSPS) is 13.6. The number of benzene rings is 2. The second kappa shape index (κ2) is 14.5. The number of anilines is 1. The van der Waals surface area contributed by atoms with Gasteiger partial charge in [0.15, 0.2) is 0 Å². The van der Waals surface area contributed by atoms with E-state index in [0.29, 0.717) is 13.0 Å². The van der Waals surface area contributed by atoms with Gasteiger partial charge in [0.2, 0.25) is 5.91 Å². The molecule has 0 aliphatic heterocycles. The minimum Gasteiger partial charge on any atom is -0.381 e. The molecule has 2 aromatic carbocycles. The Morgan fingerprint density at radius 1 is 0.970 bits per heavy atom. The molecule has 0 bridgehead atoms. The third-order valence-corrected chi connectivity index (χ3v) is 5.29. The molecule has 1 atom stereocenters. The van der Waals surface area contributed by atoms with Crippen LogP contribution in [-0.4, -0.2) is 19.0 Å². The van der Waals surface area contributed by atoms with E-state index < -0.39 is 0 Å². The van der Waals surface area contributed by atoms with Crippen molar-refractivity contribution in [3.63, 3.8) is 0 Å². The number of para-hydroxylation sites is 1. The van der Waals surface area contributed by atoms with Gasteiger partial charge < -0.3 is 10.6 Å². The molecule has 33 heavy (non-hydrogen) atoms. The SMILES string of the molecule is C=C/C=C(\C=C/C)CC(C(=O)NCC(/C=C(\C)CNc1ccccc1)=C/C)c1ccccc1. The average Bonchev–Trinajstić information content (AvgIpc) is 2.85. The van der Waals surface area contributed by atoms with Crippen molar-refractivity contribution < 1.29 is 4.79 Å². The number of hydrogen-bond acceptors (Lipinski definition) is 2. The largest absolute Gasteiger partial charge is 0.381 e. The Bertz CT molecular complexity index is 998. The van der Waals surface area contributed by atoms with Crippen LogP contribution < -0.4 is 10.6 Å². The maximum atomic E-state index is 13.3. The third-order valence-electron chi connectivity index (χ3n) is 5.29. The third kappa shape index (κ3) is 9.20. The maximum Gasteiger partial charge on any atom is 0.228 e. The molecule has 0 saturated carbocycles. The van der Waals surface area contributed by atoms with Crippen LogP contribution in [0.15, 0.2) is 120 Å². The molecule has 0 spiro atoms. The Kier molecular flexibility index (Phi) is 11.3. The van der Waals surface area contributed by atoms with Gasteiger partial charge in [-0.1, -0.05) is 97.1 Å². The lowest BCUT2D eigenvalue weighted by Gasteiger charge is -2.18. The summed E-state index contributed by atoms with van der Waals surface area (Å²) >= 11 is 0. The van der Waals surface area contributed by atoms with Crippen LogP contribution in [0.25, 0.3) is 0 Å². The molecule has 0 aliphatic rings. The molecule has 2 N–H and O–H groups in total. The van der Waals surface area contributed by atoms with Crippen molar-refractivity contribution in [2.75, 3.05) is 18.4 Å². The fourth-order valence-corrected chi connectivity index (χ4v) is 3.55. The van der Waals surface area contributed by atoms with E-state index in [1.807, 2.05) is 86.7 Å². The van der Waals surface area contributed by atoms with Gasteiger partial charge in [-0.05, 0) is 56.0 Å². The highest BCUT2D eigenvalue weighted by Gasteiger charge is 2.21. The van der Waals surface area contributed by atoms with Gasteiger partial charge in [0.25, 0.3) is 0 Å². The van der Waals surface area contributed by atoms with E-state index in [2.05, 4.69) is 42.3 Å². The molecule has 1 amide bonds. The molecular formula is C30H36N2O. The van der Waals surface area contributed by atoms with E-state index in [0.717, 1.165) is 28.9 Å². The van der Waals surface area contributed by atoms with Crippen molar-refractivity contribution in [3.8, 4) is 0 Å². The average molecular weight is 441 g/mol. The second-order valence-corrected chi connectivity index (χ2v) is 7.94. The number of carbonyl (C=O) groups is 1.